The molecule has 0 aliphatic carbocycles. The van der Waals surface area contributed by atoms with E-state index in [4.69, 9.17) is 0 Å². The normalized spacial score (nSPS) is 12.0. The van der Waals surface area contributed by atoms with Crippen LogP contribution in [-0.4, -0.2) is 21.4 Å². The number of hydrogen-bond acceptors (Lipinski definition) is 4. The summed E-state index contributed by atoms with van der Waals surface area (Å²) in [4.78, 5) is 23.7. The van der Waals surface area contributed by atoms with E-state index in [0.29, 0.717) is 16.8 Å². The van der Waals surface area contributed by atoms with Crippen LogP contribution in [0.25, 0.3) is 0 Å². The van der Waals surface area contributed by atoms with Gasteiger partial charge in [0.05, 0.1) is 11.3 Å². The second-order valence-electron chi connectivity index (χ2n) is 4.85. The first-order chi connectivity index (χ1) is 9.91. The molecule has 5 nitrogen and oxygen atoms in total. The van der Waals surface area contributed by atoms with Crippen LogP contribution in [-0.2, 0) is 4.79 Å². The highest BCUT2D eigenvalue weighted by atomic mass is 32.1. The number of carbonyl (C=O) groups excluding carboxylic acids is 1. The highest BCUT2D eigenvalue weighted by Gasteiger charge is 2.25. The smallest absolute Gasteiger partial charge is 0.330 e. The molecule has 2 aromatic rings. The van der Waals surface area contributed by atoms with E-state index in [1.54, 1.807) is 24.4 Å². The van der Waals surface area contributed by atoms with Crippen LogP contribution in [0.3, 0.4) is 0 Å². The third kappa shape index (κ3) is 3.11. The van der Waals surface area contributed by atoms with Gasteiger partial charge in [-0.1, -0.05) is 18.2 Å². The summed E-state index contributed by atoms with van der Waals surface area (Å²) in [5.41, 5.74) is 3.46. The van der Waals surface area contributed by atoms with Crippen LogP contribution in [0.2, 0.25) is 0 Å². The number of nitrogens with zero attached hydrogens (tertiary/aromatic N) is 1. The van der Waals surface area contributed by atoms with E-state index in [2.05, 4.69) is 9.69 Å². The summed E-state index contributed by atoms with van der Waals surface area (Å²) >= 11 is 1.17. The molecule has 1 unspecified atom stereocenters. The second kappa shape index (κ2) is 6.05. The summed E-state index contributed by atoms with van der Waals surface area (Å²) in [6.45, 7) is 5.48. The molecule has 0 spiro atoms. The molecule has 0 aliphatic heterocycles. The Labute approximate surface area is 126 Å². The highest BCUT2D eigenvalue weighted by Crippen LogP contribution is 2.22. The lowest BCUT2D eigenvalue weighted by Crippen LogP contribution is -2.34. The van der Waals surface area contributed by atoms with Crippen molar-refractivity contribution in [3.63, 3.8) is 0 Å². The minimum atomic E-state index is -1.09. The Balaban J connectivity index is 2.33. The Morgan fingerprint density at radius 2 is 2.00 bits per heavy atom. The van der Waals surface area contributed by atoms with Gasteiger partial charge in [0.25, 0.3) is 5.91 Å². The molecule has 0 bridgehead atoms. The zero-order valence-corrected chi connectivity index (χ0v) is 12.8. The van der Waals surface area contributed by atoms with E-state index in [9.17, 15) is 14.7 Å². The molecule has 0 saturated carbocycles. The van der Waals surface area contributed by atoms with E-state index in [-0.39, 0.29) is 0 Å². The van der Waals surface area contributed by atoms with Crippen LogP contribution >= 0.6 is 11.5 Å². The molecule has 110 valence electrons. The first kappa shape index (κ1) is 15.2. The van der Waals surface area contributed by atoms with Crippen molar-refractivity contribution < 1.29 is 14.7 Å². The lowest BCUT2D eigenvalue weighted by atomic mass is 9.97. The molecule has 1 atom stereocenters. The maximum Gasteiger partial charge on any atom is 0.330 e. The van der Waals surface area contributed by atoms with Crippen molar-refractivity contribution in [3.05, 3.63) is 51.5 Å². The molecule has 21 heavy (non-hydrogen) atoms. The summed E-state index contributed by atoms with van der Waals surface area (Å²) in [5, 5.41) is 13.6. The molecule has 0 aliphatic rings. The van der Waals surface area contributed by atoms with E-state index in [0.717, 1.165) is 11.1 Å². The van der Waals surface area contributed by atoms with Gasteiger partial charge in [0.2, 0.25) is 0 Å². The quantitative estimate of drug-likeness (QED) is 0.910. The fourth-order valence-electron chi connectivity index (χ4n) is 2.08. The monoisotopic (exact) mass is 304 g/mol. The first-order valence-corrected chi connectivity index (χ1v) is 7.26. The number of amides is 1. The molecular weight excluding hydrogens is 288 g/mol. The number of rotatable bonds is 4. The number of carboxylic acid groups (broad SMARTS) is 1. The maximum absolute atomic E-state index is 12.2. The maximum atomic E-state index is 12.2. The molecule has 0 radical (unpaired) electrons. The average Bonchev–Trinajstić information content (AvgIpc) is 2.85. The number of carboxylic acids is 1. The van der Waals surface area contributed by atoms with Crippen molar-refractivity contribution in [3.8, 4) is 0 Å². The van der Waals surface area contributed by atoms with Crippen LogP contribution in [0.4, 0.5) is 0 Å². The molecule has 1 amide bonds. The largest absolute Gasteiger partial charge is 0.479 e. The fourth-order valence-corrected chi connectivity index (χ4v) is 2.77. The van der Waals surface area contributed by atoms with Gasteiger partial charge in [-0.3, -0.25) is 4.79 Å². The number of benzene rings is 1. The lowest BCUT2D eigenvalue weighted by Gasteiger charge is -2.18. The van der Waals surface area contributed by atoms with E-state index < -0.39 is 17.9 Å². The van der Waals surface area contributed by atoms with Gasteiger partial charge in [-0.2, -0.15) is 4.37 Å². The van der Waals surface area contributed by atoms with Gasteiger partial charge in [0.1, 0.15) is 0 Å². The zero-order valence-electron chi connectivity index (χ0n) is 12.0. The first-order valence-electron chi connectivity index (χ1n) is 6.42. The number of aliphatic carboxylic acids is 1. The van der Waals surface area contributed by atoms with Crippen LogP contribution in [0.1, 0.15) is 38.8 Å². The van der Waals surface area contributed by atoms with Crippen molar-refractivity contribution in [2.75, 3.05) is 0 Å². The van der Waals surface area contributed by atoms with E-state index >= 15 is 0 Å². The van der Waals surface area contributed by atoms with Gasteiger partial charge in [0.15, 0.2) is 6.04 Å². The van der Waals surface area contributed by atoms with E-state index in [1.165, 1.54) is 11.5 Å². The minimum Gasteiger partial charge on any atom is -0.479 e. The summed E-state index contributed by atoms with van der Waals surface area (Å²) in [7, 11) is 0. The lowest BCUT2D eigenvalue weighted by molar-refractivity contribution is -0.139. The Bertz CT molecular complexity index is 694. The third-order valence-corrected chi connectivity index (χ3v) is 4.19. The molecule has 0 fully saturated rings. The van der Waals surface area contributed by atoms with Crippen molar-refractivity contribution in [1.82, 2.24) is 9.69 Å². The molecule has 1 heterocycles. The molecular formula is C15H16N2O3S. The van der Waals surface area contributed by atoms with Gasteiger partial charge < -0.3 is 10.4 Å². The average molecular weight is 304 g/mol. The van der Waals surface area contributed by atoms with Gasteiger partial charge >= 0.3 is 5.97 Å². The Kier molecular flexibility index (Phi) is 4.37. The third-order valence-electron chi connectivity index (χ3n) is 3.47. The van der Waals surface area contributed by atoms with Crippen molar-refractivity contribution in [2.45, 2.75) is 26.8 Å². The molecule has 2 N–H and O–H groups in total. The van der Waals surface area contributed by atoms with E-state index in [1.807, 2.05) is 19.9 Å². The molecule has 6 heteroatoms. The standard InChI is InChI=1S/C15H16N2O3S/c1-8-5-4-6-11(9(8)2)13(15(19)20)16-14(18)12-7-21-17-10(12)3/h4-7,13H,1-3H3,(H,16,18)(H,19,20). The highest BCUT2D eigenvalue weighted by molar-refractivity contribution is 7.03. The summed E-state index contributed by atoms with van der Waals surface area (Å²) in [6, 6.07) is 4.35. The number of aryl methyl sites for hydroxylation is 2. The SMILES string of the molecule is Cc1cccc(C(NC(=O)c2csnc2C)C(=O)O)c1C. The molecule has 2 rings (SSSR count). The van der Waals surface area contributed by atoms with Crippen molar-refractivity contribution in [1.29, 1.82) is 0 Å². The topological polar surface area (TPSA) is 79.3 Å². The number of nitrogens with one attached hydrogen (secondary N) is 1. The van der Waals surface area contributed by atoms with Crippen LogP contribution in [0.5, 0.6) is 0 Å². The van der Waals surface area contributed by atoms with Gasteiger partial charge in [-0.05, 0) is 49.0 Å². The predicted octanol–water partition coefficient (Wildman–Crippen LogP) is 2.62. The number of hydrogen-bond donors (Lipinski definition) is 2. The fraction of sp³-hybridized carbons (Fsp3) is 0.267. The number of aromatic nitrogens is 1. The molecule has 1 aromatic carbocycles. The number of carbonyl (C=O) groups is 2. The Morgan fingerprint density at radius 1 is 1.29 bits per heavy atom. The van der Waals surface area contributed by atoms with Crippen LogP contribution < -0.4 is 5.32 Å². The van der Waals surface area contributed by atoms with Crippen molar-refractivity contribution >= 4 is 23.4 Å². The summed E-state index contributed by atoms with van der Waals surface area (Å²) in [5.74, 6) is -1.51. The van der Waals surface area contributed by atoms with Gasteiger partial charge in [-0.15, -0.1) is 0 Å². The second-order valence-corrected chi connectivity index (χ2v) is 5.48. The zero-order chi connectivity index (χ0) is 15.6. The van der Waals surface area contributed by atoms with Gasteiger partial charge in [-0.25, -0.2) is 4.79 Å². The minimum absolute atomic E-state index is 0.413. The van der Waals surface area contributed by atoms with Crippen LogP contribution in [0.15, 0.2) is 23.6 Å². The van der Waals surface area contributed by atoms with Crippen LogP contribution in [0, 0.1) is 20.8 Å². The Morgan fingerprint density at radius 3 is 2.57 bits per heavy atom. The predicted molar refractivity (Wildman–Crippen MR) is 80.6 cm³/mol. The van der Waals surface area contributed by atoms with Crippen molar-refractivity contribution in [2.24, 2.45) is 0 Å². The van der Waals surface area contributed by atoms with Gasteiger partial charge in [0, 0.05) is 5.38 Å². The molecule has 0 saturated heterocycles. The summed E-state index contributed by atoms with van der Waals surface area (Å²) in [6.07, 6.45) is 0. The Hall–Kier alpha value is -2.21. The summed E-state index contributed by atoms with van der Waals surface area (Å²) < 4.78 is 4.03. The molecule has 1 aromatic heterocycles.